The second-order valence-corrected chi connectivity index (χ2v) is 8.92. The maximum atomic E-state index is 14.8. The number of likely N-dealkylation sites (N-methyl/N-ethyl adjacent to an activating group) is 1. The van der Waals surface area contributed by atoms with Gasteiger partial charge in [-0.3, -0.25) is 14.3 Å². The predicted molar refractivity (Wildman–Crippen MR) is 114 cm³/mol. The molecule has 8 heteroatoms. The van der Waals surface area contributed by atoms with Crippen molar-refractivity contribution < 1.29 is 18.7 Å². The lowest BCUT2D eigenvalue weighted by atomic mass is 9.77. The molecule has 3 aliphatic rings. The summed E-state index contributed by atoms with van der Waals surface area (Å²) >= 11 is 0. The minimum absolute atomic E-state index is 0.200. The van der Waals surface area contributed by atoms with Gasteiger partial charge in [-0.2, -0.15) is 5.10 Å². The lowest BCUT2D eigenvalue weighted by Gasteiger charge is -2.39. The Morgan fingerprint density at radius 1 is 1.19 bits per heavy atom. The third-order valence-corrected chi connectivity index (χ3v) is 6.89. The number of halogens is 2. The number of aryl methyl sites for hydroxylation is 1. The first-order chi connectivity index (χ1) is 15.3. The van der Waals surface area contributed by atoms with Gasteiger partial charge in [-0.25, -0.2) is 8.78 Å². The first kappa shape index (κ1) is 20.6. The molecule has 1 aromatic heterocycles. The molecule has 3 atom stereocenters. The lowest BCUT2D eigenvalue weighted by Crippen LogP contribution is -2.45. The number of hydrogen-bond donors (Lipinski definition) is 1. The maximum Gasteiger partial charge on any atom is 0.275 e. The lowest BCUT2D eigenvalue weighted by molar-refractivity contribution is 0.0685. The molecule has 5 rings (SSSR count). The van der Waals surface area contributed by atoms with E-state index in [1.54, 1.807) is 19.2 Å². The van der Waals surface area contributed by atoms with E-state index in [4.69, 9.17) is 0 Å². The summed E-state index contributed by atoms with van der Waals surface area (Å²) in [6.07, 6.45) is 4.52. The number of aromatic hydroxyl groups is 1. The molecule has 32 heavy (non-hydrogen) atoms. The summed E-state index contributed by atoms with van der Waals surface area (Å²) in [5.41, 5.74) is 2.60. The zero-order chi connectivity index (χ0) is 22.7. The average Bonchev–Trinajstić information content (AvgIpc) is 2.90. The summed E-state index contributed by atoms with van der Waals surface area (Å²) < 4.78 is 30.6. The molecule has 0 saturated heterocycles. The number of carbonyl (C=O) groups excluding carboxylic acids is 1. The van der Waals surface area contributed by atoms with Crippen LogP contribution in [0.5, 0.6) is 5.75 Å². The number of hydrogen-bond acceptors (Lipinski definition) is 4. The van der Waals surface area contributed by atoms with Gasteiger partial charge in [0.25, 0.3) is 5.91 Å². The molecule has 1 amide bonds. The zero-order valence-electron chi connectivity index (χ0n) is 17.8. The van der Waals surface area contributed by atoms with E-state index in [9.17, 15) is 23.5 Å². The van der Waals surface area contributed by atoms with Crippen LogP contribution in [0.2, 0.25) is 0 Å². The first-order valence-corrected chi connectivity index (χ1v) is 10.7. The minimum Gasteiger partial charge on any atom is -0.502 e. The molecule has 0 spiro atoms. The van der Waals surface area contributed by atoms with Crippen molar-refractivity contribution in [3.63, 3.8) is 0 Å². The standard InChI is InChI=1S/C24H23F2N3O3/c1-12-7-14-4-3-13-5-6-15(25)8-16(13)21(17(14)9-18(12)26)19-11-28(2)24(32)22-23(31)20(30)10-27-29(19)22/h5-6,8-10,12,19,21,31H,3-4,7,11H2,1-2H3. The van der Waals surface area contributed by atoms with Crippen molar-refractivity contribution in [3.05, 3.63) is 80.3 Å². The van der Waals surface area contributed by atoms with E-state index in [2.05, 4.69) is 5.10 Å². The summed E-state index contributed by atoms with van der Waals surface area (Å²) in [6.45, 7) is 2.05. The van der Waals surface area contributed by atoms with Gasteiger partial charge in [0.15, 0.2) is 11.4 Å². The second-order valence-electron chi connectivity index (χ2n) is 8.92. The van der Waals surface area contributed by atoms with Crippen molar-refractivity contribution in [1.29, 1.82) is 0 Å². The van der Waals surface area contributed by atoms with Crippen molar-refractivity contribution in [3.8, 4) is 5.75 Å². The van der Waals surface area contributed by atoms with Gasteiger partial charge in [0.1, 0.15) is 11.6 Å². The molecule has 0 radical (unpaired) electrons. The molecule has 1 aliphatic heterocycles. The van der Waals surface area contributed by atoms with Gasteiger partial charge in [0.2, 0.25) is 5.43 Å². The maximum absolute atomic E-state index is 14.8. The Morgan fingerprint density at radius 2 is 1.97 bits per heavy atom. The SMILES string of the molecule is CC1CC2=C(C=C1F)C(C1CN(C)C(=O)c3c(O)c(=O)cnn31)c1cc(F)ccc1CC2. The number of amides is 1. The number of rotatable bonds is 1. The molecule has 1 aromatic carbocycles. The van der Waals surface area contributed by atoms with Gasteiger partial charge in [-0.15, -0.1) is 0 Å². The van der Waals surface area contributed by atoms with Gasteiger partial charge in [0.05, 0.1) is 12.2 Å². The number of fused-ring (bicyclic) bond motifs is 2. The third kappa shape index (κ3) is 3.08. The molecular weight excluding hydrogens is 416 g/mol. The highest BCUT2D eigenvalue weighted by molar-refractivity contribution is 5.95. The van der Waals surface area contributed by atoms with Crippen molar-refractivity contribution in [2.45, 2.75) is 38.1 Å². The van der Waals surface area contributed by atoms with Crippen LogP contribution in [0.4, 0.5) is 8.78 Å². The minimum atomic E-state index is -0.747. The van der Waals surface area contributed by atoms with E-state index >= 15 is 0 Å². The van der Waals surface area contributed by atoms with Crippen molar-refractivity contribution in [1.82, 2.24) is 14.7 Å². The highest BCUT2D eigenvalue weighted by Gasteiger charge is 2.41. The Kier molecular flexibility index (Phi) is 4.76. The summed E-state index contributed by atoms with van der Waals surface area (Å²) in [5.74, 6) is -2.55. The van der Waals surface area contributed by atoms with Crippen molar-refractivity contribution in [2.24, 2.45) is 5.92 Å². The summed E-state index contributed by atoms with van der Waals surface area (Å²) in [4.78, 5) is 26.2. The summed E-state index contributed by atoms with van der Waals surface area (Å²) in [6, 6.07) is 4.09. The monoisotopic (exact) mass is 439 g/mol. The van der Waals surface area contributed by atoms with Gasteiger partial charge in [-0.1, -0.05) is 18.6 Å². The Bertz CT molecular complexity index is 1260. The van der Waals surface area contributed by atoms with E-state index in [0.29, 0.717) is 18.4 Å². The highest BCUT2D eigenvalue weighted by atomic mass is 19.1. The molecule has 1 N–H and O–H groups in total. The average molecular weight is 439 g/mol. The van der Waals surface area contributed by atoms with Crippen molar-refractivity contribution in [2.75, 3.05) is 13.6 Å². The van der Waals surface area contributed by atoms with Crippen LogP contribution in [0, 0.1) is 11.7 Å². The zero-order valence-corrected chi connectivity index (χ0v) is 17.8. The highest BCUT2D eigenvalue weighted by Crippen LogP contribution is 2.48. The number of aromatic nitrogens is 2. The second kappa shape index (κ2) is 7.39. The number of carbonyl (C=O) groups is 1. The summed E-state index contributed by atoms with van der Waals surface area (Å²) in [5, 5.41) is 14.6. The fraction of sp³-hybridized carbons (Fsp3) is 0.375. The number of nitrogens with zero attached hydrogens (tertiary/aromatic N) is 3. The summed E-state index contributed by atoms with van der Waals surface area (Å²) in [7, 11) is 1.58. The molecule has 0 saturated carbocycles. The van der Waals surface area contributed by atoms with Crippen LogP contribution >= 0.6 is 0 Å². The van der Waals surface area contributed by atoms with E-state index < -0.39 is 34.9 Å². The molecule has 0 bridgehead atoms. The van der Waals surface area contributed by atoms with Crippen LogP contribution in [0.25, 0.3) is 0 Å². The fourth-order valence-corrected chi connectivity index (χ4v) is 5.26. The Morgan fingerprint density at radius 3 is 2.75 bits per heavy atom. The molecule has 2 aliphatic carbocycles. The molecular formula is C24H23F2N3O3. The third-order valence-electron chi connectivity index (χ3n) is 6.89. The smallest absolute Gasteiger partial charge is 0.275 e. The fourth-order valence-electron chi connectivity index (χ4n) is 5.26. The van der Waals surface area contributed by atoms with E-state index in [1.807, 2.05) is 6.92 Å². The van der Waals surface area contributed by atoms with Crippen molar-refractivity contribution >= 4 is 5.91 Å². The van der Waals surface area contributed by atoms with Gasteiger partial charge >= 0.3 is 0 Å². The topological polar surface area (TPSA) is 75.4 Å². The Balaban J connectivity index is 1.78. The number of benzene rings is 1. The normalized spacial score (nSPS) is 25.0. The molecule has 166 valence electrons. The Hall–Kier alpha value is -3.29. The van der Waals surface area contributed by atoms with Crippen LogP contribution in [0.1, 0.15) is 53.3 Å². The van der Waals surface area contributed by atoms with E-state index in [-0.39, 0.29) is 24.0 Å². The Labute approximate surface area is 183 Å². The van der Waals surface area contributed by atoms with Crippen LogP contribution < -0.4 is 5.43 Å². The van der Waals surface area contributed by atoms with E-state index in [1.165, 1.54) is 21.7 Å². The largest absolute Gasteiger partial charge is 0.502 e. The number of allylic oxidation sites excluding steroid dienone is 4. The van der Waals surface area contributed by atoms with Crippen LogP contribution in [0.3, 0.4) is 0 Å². The predicted octanol–water partition coefficient (Wildman–Crippen LogP) is 3.63. The molecule has 0 fully saturated rings. The van der Waals surface area contributed by atoms with Crippen LogP contribution in [0.15, 0.2) is 52.2 Å². The van der Waals surface area contributed by atoms with E-state index in [0.717, 1.165) is 29.3 Å². The van der Waals surface area contributed by atoms with Crippen LogP contribution in [-0.2, 0) is 6.42 Å². The molecule has 3 unspecified atom stereocenters. The molecule has 6 nitrogen and oxygen atoms in total. The quantitative estimate of drug-likeness (QED) is 0.736. The van der Waals surface area contributed by atoms with Crippen LogP contribution in [-0.4, -0.2) is 39.3 Å². The van der Waals surface area contributed by atoms with Gasteiger partial charge in [-0.05, 0) is 54.2 Å². The first-order valence-electron chi connectivity index (χ1n) is 10.7. The molecule has 2 heterocycles. The van der Waals surface area contributed by atoms with Gasteiger partial charge in [0, 0.05) is 25.4 Å². The van der Waals surface area contributed by atoms with Gasteiger partial charge < -0.3 is 10.0 Å². The molecule has 2 aromatic rings.